The van der Waals surface area contributed by atoms with Crippen LogP contribution in [0.4, 0.5) is 4.39 Å². The summed E-state index contributed by atoms with van der Waals surface area (Å²) in [6, 6.07) is 4.40. The van der Waals surface area contributed by atoms with E-state index in [0.717, 1.165) is 12.8 Å². The Morgan fingerprint density at radius 3 is 2.56 bits per heavy atom. The van der Waals surface area contributed by atoms with Crippen molar-refractivity contribution >= 4 is 24.0 Å². The van der Waals surface area contributed by atoms with Crippen molar-refractivity contribution in [3.8, 4) is 0 Å². The molecule has 0 saturated heterocycles. The van der Waals surface area contributed by atoms with Crippen molar-refractivity contribution in [3.63, 3.8) is 0 Å². The zero-order chi connectivity index (χ0) is 10.8. The summed E-state index contributed by atoms with van der Waals surface area (Å²) in [5.74, 6) is 0.178. The van der Waals surface area contributed by atoms with Crippen molar-refractivity contribution in [2.75, 3.05) is 0 Å². The third-order valence-electron chi connectivity index (χ3n) is 3.22. The fourth-order valence-corrected chi connectivity index (χ4v) is 2.52. The van der Waals surface area contributed by atoms with Gasteiger partial charge in [0.25, 0.3) is 0 Å². The van der Waals surface area contributed by atoms with Crippen molar-refractivity contribution in [2.24, 2.45) is 11.7 Å². The monoisotopic (exact) mass is 263 g/mol. The van der Waals surface area contributed by atoms with Crippen LogP contribution in [-0.2, 0) is 0 Å². The summed E-state index contributed by atoms with van der Waals surface area (Å²) >= 11 is 5.85. The van der Waals surface area contributed by atoms with Crippen molar-refractivity contribution in [1.82, 2.24) is 0 Å². The Bertz CT molecular complexity index is 351. The minimum absolute atomic E-state index is 0. The van der Waals surface area contributed by atoms with Crippen molar-refractivity contribution in [2.45, 2.75) is 31.7 Å². The van der Waals surface area contributed by atoms with E-state index < -0.39 is 0 Å². The lowest BCUT2D eigenvalue weighted by Gasteiger charge is -2.19. The molecule has 1 fully saturated rings. The minimum atomic E-state index is -0.237. The molecule has 0 heterocycles. The molecule has 1 saturated carbocycles. The fraction of sp³-hybridized carbons (Fsp3) is 0.500. The molecule has 1 atom stereocenters. The highest BCUT2D eigenvalue weighted by Crippen LogP contribution is 2.35. The Hall–Kier alpha value is -0.310. The van der Waals surface area contributed by atoms with Crippen LogP contribution in [0.3, 0.4) is 0 Å². The quantitative estimate of drug-likeness (QED) is 0.855. The molecule has 0 aromatic heterocycles. The maximum absolute atomic E-state index is 13.5. The molecule has 0 bridgehead atoms. The van der Waals surface area contributed by atoms with Crippen LogP contribution in [0.2, 0.25) is 5.02 Å². The normalized spacial score (nSPS) is 18.2. The standard InChI is InChI=1S/C12H15ClFN.ClH/c13-9-5-6-11(14)10(7-9)12(15)8-3-1-2-4-8;/h5-8,12H,1-4,15H2;1H/t12-;/m1./s1. The second-order valence-corrected chi connectivity index (χ2v) is 4.67. The molecule has 1 aliphatic carbocycles. The molecule has 90 valence electrons. The Labute approximate surface area is 107 Å². The van der Waals surface area contributed by atoms with Gasteiger partial charge < -0.3 is 5.73 Å². The van der Waals surface area contributed by atoms with Gasteiger partial charge in [0.1, 0.15) is 5.82 Å². The third kappa shape index (κ3) is 2.88. The van der Waals surface area contributed by atoms with Gasteiger partial charge >= 0.3 is 0 Å². The summed E-state index contributed by atoms with van der Waals surface area (Å²) in [5, 5.41) is 0.555. The van der Waals surface area contributed by atoms with Gasteiger partial charge in [-0.2, -0.15) is 0 Å². The zero-order valence-corrected chi connectivity index (χ0v) is 10.5. The SMILES string of the molecule is Cl.N[C@@H](c1cc(Cl)ccc1F)C1CCCC1. The van der Waals surface area contributed by atoms with Crippen LogP contribution in [0.1, 0.15) is 37.3 Å². The van der Waals surface area contributed by atoms with Gasteiger partial charge in [0.2, 0.25) is 0 Å². The van der Waals surface area contributed by atoms with Gasteiger partial charge in [-0.1, -0.05) is 24.4 Å². The maximum Gasteiger partial charge on any atom is 0.128 e. The largest absolute Gasteiger partial charge is 0.324 e. The lowest BCUT2D eigenvalue weighted by molar-refractivity contribution is 0.429. The molecule has 1 nitrogen and oxygen atoms in total. The van der Waals surface area contributed by atoms with Crippen molar-refractivity contribution in [1.29, 1.82) is 0 Å². The van der Waals surface area contributed by atoms with Crippen LogP contribution in [0.5, 0.6) is 0 Å². The van der Waals surface area contributed by atoms with Crippen LogP contribution < -0.4 is 5.73 Å². The van der Waals surface area contributed by atoms with Gasteiger partial charge in [-0.3, -0.25) is 0 Å². The predicted molar refractivity (Wildman–Crippen MR) is 67.5 cm³/mol. The van der Waals surface area contributed by atoms with Crippen LogP contribution in [0.15, 0.2) is 18.2 Å². The summed E-state index contributed by atoms with van der Waals surface area (Å²) in [4.78, 5) is 0. The van der Waals surface area contributed by atoms with E-state index in [1.807, 2.05) is 0 Å². The van der Waals surface area contributed by atoms with E-state index in [1.165, 1.54) is 18.9 Å². The molecule has 1 aliphatic rings. The van der Waals surface area contributed by atoms with E-state index in [0.29, 0.717) is 16.5 Å². The molecule has 0 amide bonds. The highest BCUT2D eigenvalue weighted by atomic mass is 35.5. The van der Waals surface area contributed by atoms with Crippen LogP contribution in [-0.4, -0.2) is 0 Å². The van der Waals surface area contributed by atoms with E-state index in [4.69, 9.17) is 17.3 Å². The minimum Gasteiger partial charge on any atom is -0.324 e. The van der Waals surface area contributed by atoms with E-state index in [2.05, 4.69) is 0 Å². The Morgan fingerprint density at radius 2 is 1.94 bits per heavy atom. The molecule has 2 rings (SSSR count). The van der Waals surface area contributed by atoms with Gasteiger partial charge in [-0.05, 0) is 37.0 Å². The van der Waals surface area contributed by atoms with E-state index in [1.54, 1.807) is 12.1 Å². The second kappa shape index (κ2) is 5.85. The van der Waals surface area contributed by atoms with Crippen LogP contribution >= 0.6 is 24.0 Å². The molecule has 1 aromatic carbocycles. The Morgan fingerprint density at radius 1 is 1.31 bits per heavy atom. The van der Waals surface area contributed by atoms with Gasteiger partial charge in [-0.15, -0.1) is 12.4 Å². The first-order chi connectivity index (χ1) is 7.18. The highest BCUT2D eigenvalue weighted by molar-refractivity contribution is 6.30. The number of hydrogen-bond acceptors (Lipinski definition) is 1. The first-order valence-corrected chi connectivity index (χ1v) is 5.77. The van der Waals surface area contributed by atoms with Gasteiger partial charge in [0.05, 0.1) is 0 Å². The molecule has 4 heteroatoms. The summed E-state index contributed by atoms with van der Waals surface area (Å²) in [5.41, 5.74) is 6.64. The first-order valence-electron chi connectivity index (χ1n) is 5.39. The number of rotatable bonds is 2. The summed E-state index contributed by atoms with van der Waals surface area (Å²) in [6.45, 7) is 0. The van der Waals surface area contributed by atoms with Gasteiger partial charge in [-0.25, -0.2) is 4.39 Å². The Kier molecular flexibility index (Phi) is 5.03. The van der Waals surface area contributed by atoms with Crippen LogP contribution in [0.25, 0.3) is 0 Å². The smallest absolute Gasteiger partial charge is 0.128 e. The molecule has 2 N–H and O–H groups in total. The average molecular weight is 264 g/mol. The van der Waals surface area contributed by atoms with Crippen LogP contribution in [0, 0.1) is 11.7 Å². The molecule has 1 aromatic rings. The topological polar surface area (TPSA) is 26.0 Å². The number of benzene rings is 1. The maximum atomic E-state index is 13.5. The molecule has 0 spiro atoms. The molecule has 16 heavy (non-hydrogen) atoms. The molecular weight excluding hydrogens is 248 g/mol. The zero-order valence-electron chi connectivity index (χ0n) is 8.96. The predicted octanol–water partition coefficient (Wildman–Crippen LogP) is 4.09. The molecule has 0 aliphatic heterocycles. The number of nitrogens with two attached hydrogens (primary N) is 1. The van der Waals surface area contributed by atoms with E-state index in [-0.39, 0.29) is 24.3 Å². The fourth-order valence-electron chi connectivity index (χ4n) is 2.34. The average Bonchev–Trinajstić information content (AvgIpc) is 2.74. The number of hydrogen-bond donors (Lipinski definition) is 1. The first kappa shape index (κ1) is 13.8. The van der Waals surface area contributed by atoms with Gasteiger partial charge in [0.15, 0.2) is 0 Å². The highest BCUT2D eigenvalue weighted by Gasteiger charge is 2.25. The van der Waals surface area contributed by atoms with Crippen molar-refractivity contribution < 1.29 is 4.39 Å². The summed E-state index contributed by atoms with van der Waals surface area (Å²) in [7, 11) is 0. The Balaban J connectivity index is 0.00000128. The molecule has 0 radical (unpaired) electrons. The third-order valence-corrected chi connectivity index (χ3v) is 3.46. The summed E-state index contributed by atoms with van der Waals surface area (Å²) in [6.07, 6.45) is 4.63. The lowest BCUT2D eigenvalue weighted by Crippen LogP contribution is -2.20. The number of halogens is 3. The second-order valence-electron chi connectivity index (χ2n) is 4.24. The molecular formula is C12H16Cl2FN. The van der Waals surface area contributed by atoms with E-state index >= 15 is 0 Å². The van der Waals surface area contributed by atoms with Crippen molar-refractivity contribution in [3.05, 3.63) is 34.6 Å². The van der Waals surface area contributed by atoms with Gasteiger partial charge in [0, 0.05) is 16.6 Å². The van der Waals surface area contributed by atoms with E-state index in [9.17, 15) is 4.39 Å². The summed E-state index contributed by atoms with van der Waals surface area (Å²) < 4.78 is 13.5. The lowest BCUT2D eigenvalue weighted by atomic mass is 9.92. The molecule has 0 unspecified atom stereocenters.